The number of carboxylic acid groups (broad SMARTS) is 1. The second kappa shape index (κ2) is 4.50. The van der Waals surface area contributed by atoms with Crippen LogP contribution in [-0.2, 0) is 11.3 Å². The lowest BCUT2D eigenvalue weighted by Gasteiger charge is -2.14. The first-order valence-electron chi connectivity index (χ1n) is 4.89. The van der Waals surface area contributed by atoms with E-state index in [1.807, 2.05) is 0 Å². The Balaban J connectivity index is 2.22. The predicted octanol–water partition coefficient (Wildman–Crippen LogP) is -2.44. The molecular weight excluding hydrogens is 244 g/mol. The zero-order valence-corrected chi connectivity index (χ0v) is 9.00. The summed E-state index contributed by atoms with van der Waals surface area (Å²) in [4.78, 5) is 19.0. The molecule has 2 rings (SSSR count). The number of imidazole rings is 1. The fraction of sp³-hybridized carbons (Fsp3) is 0.375. The van der Waals surface area contributed by atoms with Crippen molar-refractivity contribution in [3.63, 3.8) is 0 Å². The Morgan fingerprint density at radius 3 is 2.78 bits per heavy atom. The van der Waals surface area contributed by atoms with Crippen molar-refractivity contribution in [1.29, 1.82) is 0 Å². The number of hydrogen-bond acceptors (Lipinski definition) is 8. The summed E-state index contributed by atoms with van der Waals surface area (Å²) < 4.78 is 0. The molecular formula is C8H10N6O4. The number of nitrogen functional groups attached to an aromatic ring is 1. The molecule has 0 radical (unpaired) electrons. The highest BCUT2D eigenvalue weighted by Gasteiger charge is 2.25. The fourth-order valence-corrected chi connectivity index (χ4v) is 1.33. The molecule has 0 fully saturated rings. The SMILES string of the molecule is Nc1nn(C[C@@H](O)[C@@H](O)C(=O)O)nc2ncnc1-2. The van der Waals surface area contributed by atoms with E-state index in [-0.39, 0.29) is 18.2 Å². The van der Waals surface area contributed by atoms with Crippen molar-refractivity contribution in [3.05, 3.63) is 6.33 Å². The lowest BCUT2D eigenvalue weighted by atomic mass is 10.2. The van der Waals surface area contributed by atoms with Crippen LogP contribution in [0, 0.1) is 0 Å². The van der Waals surface area contributed by atoms with Crippen molar-refractivity contribution in [1.82, 2.24) is 25.0 Å². The number of aliphatic hydroxyl groups is 2. The van der Waals surface area contributed by atoms with Crippen LogP contribution in [0.3, 0.4) is 0 Å². The zero-order chi connectivity index (χ0) is 13.3. The maximum atomic E-state index is 10.5. The van der Waals surface area contributed by atoms with Gasteiger partial charge in [0, 0.05) is 0 Å². The number of rotatable bonds is 4. The van der Waals surface area contributed by atoms with E-state index >= 15 is 0 Å². The highest BCUT2D eigenvalue weighted by atomic mass is 16.4. The Labute approximate surface area is 100 Å². The molecule has 18 heavy (non-hydrogen) atoms. The van der Waals surface area contributed by atoms with Crippen LogP contribution in [0.5, 0.6) is 0 Å². The molecule has 5 N–H and O–H groups in total. The van der Waals surface area contributed by atoms with E-state index < -0.39 is 18.2 Å². The van der Waals surface area contributed by atoms with E-state index in [0.29, 0.717) is 5.69 Å². The average molecular weight is 254 g/mol. The van der Waals surface area contributed by atoms with Crippen molar-refractivity contribution < 1.29 is 20.1 Å². The van der Waals surface area contributed by atoms with E-state index in [1.54, 1.807) is 0 Å². The molecule has 0 aromatic carbocycles. The summed E-state index contributed by atoms with van der Waals surface area (Å²) in [5, 5.41) is 34.7. The molecule has 10 nitrogen and oxygen atoms in total. The minimum Gasteiger partial charge on any atom is -0.479 e. The van der Waals surface area contributed by atoms with Crippen molar-refractivity contribution in [2.24, 2.45) is 0 Å². The maximum absolute atomic E-state index is 10.5. The van der Waals surface area contributed by atoms with Gasteiger partial charge in [0.25, 0.3) is 0 Å². The van der Waals surface area contributed by atoms with Gasteiger partial charge in [-0.25, -0.2) is 14.8 Å². The van der Waals surface area contributed by atoms with Gasteiger partial charge in [-0.15, -0.1) is 10.2 Å². The Kier molecular flexibility index (Phi) is 3.04. The number of carboxylic acids is 1. The summed E-state index contributed by atoms with van der Waals surface area (Å²) in [7, 11) is 0. The molecule has 0 aliphatic carbocycles. The van der Waals surface area contributed by atoms with E-state index in [9.17, 15) is 9.90 Å². The monoisotopic (exact) mass is 254 g/mol. The first-order valence-corrected chi connectivity index (χ1v) is 4.89. The van der Waals surface area contributed by atoms with Crippen LogP contribution in [0.4, 0.5) is 5.82 Å². The van der Waals surface area contributed by atoms with Crippen LogP contribution >= 0.6 is 0 Å². The summed E-state index contributed by atoms with van der Waals surface area (Å²) in [6.45, 7) is -0.333. The number of fused-ring (bicyclic) bond motifs is 1. The normalized spacial score (nSPS) is 14.6. The van der Waals surface area contributed by atoms with Gasteiger partial charge in [0.15, 0.2) is 17.6 Å². The Bertz CT molecular complexity index is 543. The van der Waals surface area contributed by atoms with E-state index in [1.165, 1.54) is 6.33 Å². The molecule has 2 atom stereocenters. The van der Waals surface area contributed by atoms with Crippen LogP contribution in [0.2, 0.25) is 0 Å². The minimum atomic E-state index is -1.93. The summed E-state index contributed by atoms with van der Waals surface area (Å²) in [6, 6.07) is 0. The molecule has 0 unspecified atom stereocenters. The van der Waals surface area contributed by atoms with Gasteiger partial charge in [0.2, 0.25) is 5.82 Å². The highest BCUT2D eigenvalue weighted by molar-refractivity contribution is 5.72. The van der Waals surface area contributed by atoms with Crippen LogP contribution in [0.25, 0.3) is 11.5 Å². The fourth-order valence-electron chi connectivity index (χ4n) is 1.33. The standard InChI is InChI=1S/C8H10N6O4/c9-6-4-7(11-2-10-4)13-14(12-6)1-3(15)5(16)8(17)18/h2-3,5,15-16H,1H2,(H2,9,12)(H,17,18)/t3-,5-/m1/s1. The second-order valence-electron chi connectivity index (χ2n) is 3.54. The average Bonchev–Trinajstić information content (AvgIpc) is 2.76. The van der Waals surface area contributed by atoms with E-state index in [4.69, 9.17) is 15.9 Å². The van der Waals surface area contributed by atoms with Crippen molar-refractivity contribution in [2.45, 2.75) is 18.8 Å². The third-order valence-electron chi connectivity index (χ3n) is 2.22. The molecule has 0 bridgehead atoms. The van der Waals surface area contributed by atoms with E-state index in [0.717, 1.165) is 4.80 Å². The number of aliphatic hydroxyl groups excluding tert-OH is 2. The number of anilines is 1. The zero-order valence-electron chi connectivity index (χ0n) is 9.00. The summed E-state index contributed by atoms with van der Waals surface area (Å²) in [5.74, 6) is -1.26. The minimum absolute atomic E-state index is 0.0505. The number of carbonyl (C=O) groups is 1. The van der Waals surface area contributed by atoms with Gasteiger partial charge in [-0.05, 0) is 0 Å². The molecule has 10 heteroatoms. The number of nitrogens with two attached hydrogens (primary N) is 1. The van der Waals surface area contributed by atoms with Gasteiger partial charge < -0.3 is 21.1 Å². The van der Waals surface area contributed by atoms with Gasteiger partial charge >= 0.3 is 5.97 Å². The molecule has 0 spiro atoms. The molecule has 0 amide bonds. The summed E-state index contributed by atoms with van der Waals surface area (Å²) in [5.41, 5.74) is 5.90. The predicted molar refractivity (Wildman–Crippen MR) is 56.3 cm³/mol. The maximum Gasteiger partial charge on any atom is 0.335 e. The van der Waals surface area contributed by atoms with Gasteiger partial charge in [-0.3, -0.25) is 0 Å². The highest BCUT2D eigenvalue weighted by Crippen LogP contribution is 2.17. The van der Waals surface area contributed by atoms with Crippen LogP contribution < -0.4 is 5.73 Å². The Morgan fingerprint density at radius 2 is 2.11 bits per heavy atom. The number of aliphatic carboxylic acids is 1. The smallest absolute Gasteiger partial charge is 0.335 e. The lowest BCUT2D eigenvalue weighted by molar-refractivity contribution is -0.153. The Morgan fingerprint density at radius 1 is 1.39 bits per heavy atom. The quantitative estimate of drug-likeness (QED) is 0.464. The van der Waals surface area contributed by atoms with Crippen molar-refractivity contribution in [3.8, 4) is 11.5 Å². The van der Waals surface area contributed by atoms with Gasteiger partial charge in [-0.2, -0.15) is 4.80 Å². The van der Waals surface area contributed by atoms with Gasteiger partial charge in [0.05, 0.1) is 6.54 Å². The molecule has 0 saturated carbocycles. The van der Waals surface area contributed by atoms with Crippen LogP contribution in [0.15, 0.2) is 6.33 Å². The third kappa shape index (κ3) is 2.19. The van der Waals surface area contributed by atoms with Gasteiger partial charge in [0.1, 0.15) is 12.4 Å². The summed E-state index contributed by atoms with van der Waals surface area (Å²) in [6.07, 6.45) is -2.24. The van der Waals surface area contributed by atoms with Crippen LogP contribution in [-0.4, -0.2) is 58.5 Å². The number of hydrogen-bond donors (Lipinski definition) is 4. The first-order chi connectivity index (χ1) is 8.49. The topological polar surface area (TPSA) is 160 Å². The lowest BCUT2D eigenvalue weighted by Crippen LogP contribution is -2.37. The molecule has 0 saturated heterocycles. The molecule has 2 heterocycles. The molecule has 2 aliphatic heterocycles. The first kappa shape index (κ1) is 12.1. The number of aromatic nitrogens is 5. The second-order valence-corrected chi connectivity index (χ2v) is 3.54. The molecule has 96 valence electrons. The third-order valence-corrected chi connectivity index (χ3v) is 2.22. The Hall–Kier alpha value is -2.33. The van der Waals surface area contributed by atoms with E-state index in [2.05, 4.69) is 20.2 Å². The molecule has 2 aliphatic rings. The van der Waals surface area contributed by atoms with Crippen LogP contribution in [0.1, 0.15) is 0 Å². The number of nitrogens with zero attached hydrogens (tertiary/aromatic N) is 5. The largest absolute Gasteiger partial charge is 0.479 e. The van der Waals surface area contributed by atoms with Crippen molar-refractivity contribution in [2.75, 3.05) is 5.73 Å². The van der Waals surface area contributed by atoms with Gasteiger partial charge in [-0.1, -0.05) is 0 Å². The molecule has 0 aromatic rings. The van der Waals surface area contributed by atoms with Crippen molar-refractivity contribution >= 4 is 11.8 Å². The summed E-state index contributed by atoms with van der Waals surface area (Å²) >= 11 is 0. The molecule has 0 aromatic heterocycles.